The maximum Gasteiger partial charge on any atom is 0.220 e. The molecule has 0 heterocycles. The molecule has 1 unspecified atom stereocenters. The molecule has 0 saturated heterocycles. The van der Waals surface area contributed by atoms with Crippen LogP contribution in [0.3, 0.4) is 0 Å². The fraction of sp³-hybridized carbons (Fsp3) is 0.941. The predicted octanol–water partition coefficient (Wildman–Crippen LogP) is 4.27. The summed E-state index contributed by atoms with van der Waals surface area (Å²) in [6.07, 6.45) is 11.4. The second kappa shape index (κ2) is 5.98. The van der Waals surface area contributed by atoms with Crippen molar-refractivity contribution in [3.05, 3.63) is 0 Å². The molecule has 1 atom stereocenters. The highest BCUT2D eigenvalue weighted by molar-refractivity contribution is 9.09. The average molecular weight is 342 g/mol. The smallest absolute Gasteiger partial charge is 0.220 e. The van der Waals surface area contributed by atoms with E-state index in [0.717, 1.165) is 42.3 Å². The van der Waals surface area contributed by atoms with Crippen LogP contribution in [0.5, 0.6) is 0 Å². The van der Waals surface area contributed by atoms with Gasteiger partial charge in [0.25, 0.3) is 0 Å². The van der Waals surface area contributed by atoms with Gasteiger partial charge in [0, 0.05) is 17.8 Å². The number of nitrogens with one attached hydrogen (secondary N) is 1. The predicted molar refractivity (Wildman–Crippen MR) is 85.9 cm³/mol. The number of amides is 1. The molecule has 20 heavy (non-hydrogen) atoms. The minimum Gasteiger partial charge on any atom is -0.354 e. The van der Waals surface area contributed by atoms with Crippen molar-refractivity contribution in [3.63, 3.8) is 0 Å². The highest BCUT2D eigenvalue weighted by Gasteiger charge is 2.51. The van der Waals surface area contributed by atoms with E-state index >= 15 is 0 Å². The van der Waals surface area contributed by atoms with Crippen molar-refractivity contribution in [1.82, 2.24) is 5.32 Å². The summed E-state index contributed by atoms with van der Waals surface area (Å²) in [5.74, 6) is 3.15. The zero-order chi connectivity index (χ0) is 14.2. The summed E-state index contributed by atoms with van der Waals surface area (Å²) in [4.78, 5) is 12.4. The van der Waals surface area contributed by atoms with E-state index in [0.29, 0.717) is 17.4 Å². The SMILES string of the molecule is CC(CCCBr)NC(=O)CC12CC3CC(CC(C3)C1)C2. The number of alkyl halides is 1. The first-order valence-electron chi connectivity index (χ1n) is 8.44. The summed E-state index contributed by atoms with van der Waals surface area (Å²) in [7, 11) is 0. The van der Waals surface area contributed by atoms with Gasteiger partial charge in [0.2, 0.25) is 5.91 Å². The molecule has 1 amide bonds. The van der Waals surface area contributed by atoms with Crippen LogP contribution in [0.15, 0.2) is 0 Å². The summed E-state index contributed by atoms with van der Waals surface area (Å²) in [5.41, 5.74) is 0.383. The fourth-order valence-corrected chi connectivity index (χ4v) is 5.95. The van der Waals surface area contributed by atoms with Gasteiger partial charge in [-0.2, -0.15) is 0 Å². The molecule has 0 aromatic heterocycles. The molecule has 4 rings (SSSR count). The summed E-state index contributed by atoms with van der Waals surface area (Å²) in [5, 5.41) is 4.26. The van der Waals surface area contributed by atoms with Crippen LogP contribution in [-0.2, 0) is 4.79 Å². The van der Waals surface area contributed by atoms with Crippen molar-refractivity contribution >= 4 is 21.8 Å². The molecule has 0 aromatic carbocycles. The van der Waals surface area contributed by atoms with Crippen LogP contribution in [-0.4, -0.2) is 17.3 Å². The van der Waals surface area contributed by atoms with E-state index in [2.05, 4.69) is 28.2 Å². The maximum absolute atomic E-state index is 12.4. The van der Waals surface area contributed by atoms with Crippen molar-refractivity contribution in [2.45, 2.75) is 70.8 Å². The third-order valence-corrected chi connectivity index (χ3v) is 6.44. The van der Waals surface area contributed by atoms with Crippen LogP contribution in [0.2, 0.25) is 0 Å². The van der Waals surface area contributed by atoms with E-state index in [4.69, 9.17) is 0 Å². The van der Waals surface area contributed by atoms with Crippen LogP contribution in [0, 0.1) is 23.2 Å². The van der Waals surface area contributed by atoms with Crippen molar-refractivity contribution in [3.8, 4) is 0 Å². The first-order valence-corrected chi connectivity index (χ1v) is 9.56. The summed E-state index contributed by atoms with van der Waals surface area (Å²) >= 11 is 3.46. The molecule has 0 spiro atoms. The Balaban J connectivity index is 1.53. The standard InChI is InChI=1S/C17H28BrNO/c1-12(3-2-4-18)19-16(20)11-17-8-13-5-14(9-17)7-15(6-13)10-17/h12-15H,2-11H2,1H3,(H,19,20). The normalized spacial score (nSPS) is 39.8. The number of carbonyl (C=O) groups is 1. The Hall–Kier alpha value is -0.0500. The monoisotopic (exact) mass is 341 g/mol. The molecule has 0 radical (unpaired) electrons. The van der Waals surface area contributed by atoms with Gasteiger partial charge >= 0.3 is 0 Å². The van der Waals surface area contributed by atoms with Crippen LogP contribution in [0.4, 0.5) is 0 Å². The topological polar surface area (TPSA) is 29.1 Å². The fourth-order valence-electron chi connectivity index (χ4n) is 5.63. The number of halogens is 1. The van der Waals surface area contributed by atoms with Crippen LogP contribution in [0.1, 0.15) is 64.7 Å². The molecule has 4 fully saturated rings. The third-order valence-electron chi connectivity index (χ3n) is 5.88. The van der Waals surface area contributed by atoms with E-state index in [9.17, 15) is 4.79 Å². The van der Waals surface area contributed by atoms with Crippen molar-refractivity contribution in [2.24, 2.45) is 23.2 Å². The first-order chi connectivity index (χ1) is 9.58. The van der Waals surface area contributed by atoms with Gasteiger partial charge in [-0.25, -0.2) is 0 Å². The van der Waals surface area contributed by atoms with Gasteiger partial charge in [-0.15, -0.1) is 0 Å². The average Bonchev–Trinajstić information content (AvgIpc) is 2.33. The van der Waals surface area contributed by atoms with Crippen LogP contribution >= 0.6 is 15.9 Å². The van der Waals surface area contributed by atoms with Gasteiger partial charge in [-0.1, -0.05) is 15.9 Å². The van der Waals surface area contributed by atoms with Crippen molar-refractivity contribution in [2.75, 3.05) is 5.33 Å². The molecule has 0 aliphatic heterocycles. The van der Waals surface area contributed by atoms with E-state index in [1.807, 2.05) is 0 Å². The summed E-state index contributed by atoms with van der Waals surface area (Å²) in [6.45, 7) is 2.14. The largest absolute Gasteiger partial charge is 0.354 e. The highest BCUT2D eigenvalue weighted by Crippen LogP contribution is 2.61. The lowest BCUT2D eigenvalue weighted by Gasteiger charge is -2.56. The third kappa shape index (κ3) is 3.23. The van der Waals surface area contributed by atoms with Gasteiger partial charge in [-0.05, 0) is 81.5 Å². The minimum atomic E-state index is 0.314. The van der Waals surface area contributed by atoms with Gasteiger partial charge < -0.3 is 5.32 Å². The van der Waals surface area contributed by atoms with Gasteiger partial charge in [0.15, 0.2) is 0 Å². The quantitative estimate of drug-likeness (QED) is 0.718. The summed E-state index contributed by atoms with van der Waals surface area (Å²) in [6, 6.07) is 0.328. The van der Waals surface area contributed by atoms with Crippen molar-refractivity contribution < 1.29 is 4.79 Å². The van der Waals surface area contributed by atoms with Gasteiger partial charge in [0.1, 0.15) is 0 Å². The molecule has 114 valence electrons. The Morgan fingerprint density at radius 3 is 2.25 bits per heavy atom. The lowest BCUT2D eigenvalue weighted by molar-refractivity contribution is -0.130. The molecule has 1 N–H and O–H groups in total. The van der Waals surface area contributed by atoms with Crippen LogP contribution < -0.4 is 5.32 Å². The molecule has 2 nitrogen and oxygen atoms in total. The van der Waals surface area contributed by atoms with Gasteiger partial charge in [0.05, 0.1) is 0 Å². The number of hydrogen-bond acceptors (Lipinski definition) is 1. The highest BCUT2D eigenvalue weighted by atomic mass is 79.9. The Labute approximate surface area is 131 Å². The Kier molecular flexibility index (Phi) is 4.45. The molecule has 4 saturated carbocycles. The van der Waals surface area contributed by atoms with Gasteiger partial charge in [-0.3, -0.25) is 4.79 Å². The molecular formula is C17H28BrNO. The Morgan fingerprint density at radius 2 is 1.75 bits per heavy atom. The molecular weight excluding hydrogens is 314 g/mol. The Morgan fingerprint density at radius 1 is 1.20 bits per heavy atom. The molecule has 0 aromatic rings. The Bertz CT molecular complexity index is 333. The van der Waals surface area contributed by atoms with E-state index < -0.39 is 0 Å². The van der Waals surface area contributed by atoms with E-state index in [1.165, 1.54) is 38.5 Å². The lowest BCUT2D eigenvalue weighted by atomic mass is 9.49. The van der Waals surface area contributed by atoms with E-state index in [1.54, 1.807) is 0 Å². The summed E-state index contributed by atoms with van der Waals surface area (Å²) < 4.78 is 0. The number of hydrogen-bond donors (Lipinski definition) is 1. The molecule has 3 heteroatoms. The second-order valence-corrected chi connectivity index (χ2v) is 8.69. The zero-order valence-electron chi connectivity index (χ0n) is 12.7. The van der Waals surface area contributed by atoms with Crippen LogP contribution in [0.25, 0.3) is 0 Å². The lowest BCUT2D eigenvalue weighted by Crippen LogP contribution is -2.48. The maximum atomic E-state index is 12.4. The molecule has 4 aliphatic rings. The van der Waals surface area contributed by atoms with E-state index in [-0.39, 0.29) is 0 Å². The first kappa shape index (κ1) is 14.9. The number of rotatable bonds is 6. The van der Waals surface area contributed by atoms with Crippen molar-refractivity contribution in [1.29, 1.82) is 0 Å². The molecule has 4 bridgehead atoms. The minimum absolute atomic E-state index is 0.314. The molecule has 4 aliphatic carbocycles. The zero-order valence-corrected chi connectivity index (χ0v) is 14.3. The number of carbonyl (C=O) groups excluding carboxylic acids is 1. The second-order valence-electron chi connectivity index (χ2n) is 7.89.